The monoisotopic (exact) mass is 266 g/mol. The zero-order chi connectivity index (χ0) is 13.1. The lowest BCUT2D eigenvalue weighted by Gasteiger charge is -2.27. The Kier molecular flexibility index (Phi) is 4.48. The maximum atomic E-state index is 11.8. The van der Waals surface area contributed by atoms with Crippen molar-refractivity contribution in [3.63, 3.8) is 0 Å². The average Bonchev–Trinajstić information content (AvgIpc) is 2.28. The fourth-order valence-corrected chi connectivity index (χ4v) is 2.89. The molecule has 0 aliphatic carbocycles. The molecule has 8 heteroatoms. The van der Waals surface area contributed by atoms with E-state index < -0.39 is 28.3 Å². The molecular formula is C9H18N2O5S. The summed E-state index contributed by atoms with van der Waals surface area (Å²) in [5.74, 6) is -1.46. The molecule has 0 aromatic carbocycles. The SMILES string of the molecule is CC(O)(CNS(=O)(=O)N1CCCCC1)C(=O)O. The number of carbonyl (C=O) groups is 1. The fourth-order valence-electron chi connectivity index (χ4n) is 1.50. The van der Waals surface area contributed by atoms with Crippen LogP contribution < -0.4 is 4.72 Å². The average molecular weight is 266 g/mol. The highest BCUT2D eigenvalue weighted by molar-refractivity contribution is 7.87. The summed E-state index contributed by atoms with van der Waals surface area (Å²) in [6.45, 7) is 1.38. The molecule has 1 heterocycles. The zero-order valence-electron chi connectivity index (χ0n) is 9.72. The van der Waals surface area contributed by atoms with E-state index in [1.165, 1.54) is 4.31 Å². The summed E-state index contributed by atoms with van der Waals surface area (Å²) in [6.07, 6.45) is 2.60. The van der Waals surface area contributed by atoms with E-state index in [1.54, 1.807) is 0 Å². The molecule has 0 aromatic heterocycles. The Bertz CT molecular complexity index is 373. The van der Waals surface area contributed by atoms with Gasteiger partial charge in [0.15, 0.2) is 5.60 Å². The predicted octanol–water partition coefficient (Wildman–Crippen LogP) is -0.858. The molecule has 0 amide bonds. The molecule has 1 aliphatic rings. The summed E-state index contributed by atoms with van der Waals surface area (Å²) >= 11 is 0. The number of aliphatic carboxylic acids is 1. The van der Waals surface area contributed by atoms with Crippen LogP contribution in [-0.4, -0.2) is 54.1 Å². The van der Waals surface area contributed by atoms with Crippen LogP contribution >= 0.6 is 0 Å². The van der Waals surface area contributed by atoms with Crippen LogP contribution in [0.15, 0.2) is 0 Å². The molecule has 1 unspecified atom stereocenters. The maximum Gasteiger partial charge on any atom is 0.336 e. The summed E-state index contributed by atoms with van der Waals surface area (Å²) in [5, 5.41) is 18.1. The second kappa shape index (κ2) is 5.30. The molecule has 1 fully saturated rings. The van der Waals surface area contributed by atoms with Gasteiger partial charge in [0.2, 0.25) is 0 Å². The number of carboxylic acid groups (broad SMARTS) is 1. The van der Waals surface area contributed by atoms with Crippen molar-refractivity contribution < 1.29 is 23.4 Å². The second-order valence-corrected chi connectivity index (χ2v) is 6.12. The van der Waals surface area contributed by atoms with Gasteiger partial charge >= 0.3 is 5.97 Å². The second-order valence-electron chi connectivity index (χ2n) is 4.36. The lowest BCUT2D eigenvalue weighted by atomic mass is 10.1. The molecule has 0 saturated carbocycles. The van der Waals surface area contributed by atoms with E-state index >= 15 is 0 Å². The van der Waals surface area contributed by atoms with Crippen LogP contribution in [0.1, 0.15) is 26.2 Å². The number of hydrogen-bond donors (Lipinski definition) is 3. The van der Waals surface area contributed by atoms with Crippen molar-refractivity contribution in [3.05, 3.63) is 0 Å². The van der Waals surface area contributed by atoms with Gasteiger partial charge in [-0.3, -0.25) is 0 Å². The van der Waals surface area contributed by atoms with Crippen molar-refractivity contribution in [2.24, 2.45) is 0 Å². The van der Waals surface area contributed by atoms with E-state index in [0.717, 1.165) is 26.2 Å². The minimum atomic E-state index is -3.69. The number of carboxylic acids is 1. The third-order valence-corrected chi connectivity index (χ3v) is 4.27. The van der Waals surface area contributed by atoms with Gasteiger partial charge in [0, 0.05) is 13.1 Å². The standard InChI is InChI=1S/C9H18N2O5S/c1-9(14,8(12)13)7-10-17(15,16)11-5-3-2-4-6-11/h10,14H,2-7H2,1H3,(H,12,13). The highest BCUT2D eigenvalue weighted by atomic mass is 32.2. The van der Waals surface area contributed by atoms with Gasteiger partial charge in [-0.1, -0.05) is 6.42 Å². The first-order chi connectivity index (χ1) is 7.76. The third kappa shape index (κ3) is 3.91. The molecule has 0 spiro atoms. The third-order valence-electron chi connectivity index (χ3n) is 2.71. The van der Waals surface area contributed by atoms with Gasteiger partial charge < -0.3 is 10.2 Å². The van der Waals surface area contributed by atoms with Crippen molar-refractivity contribution in [2.45, 2.75) is 31.8 Å². The van der Waals surface area contributed by atoms with Gasteiger partial charge in [-0.25, -0.2) is 4.79 Å². The number of rotatable bonds is 5. The maximum absolute atomic E-state index is 11.8. The van der Waals surface area contributed by atoms with E-state index in [1.807, 2.05) is 0 Å². The normalized spacial score (nSPS) is 22.0. The molecule has 17 heavy (non-hydrogen) atoms. The quantitative estimate of drug-likeness (QED) is 0.600. The number of piperidine rings is 1. The molecule has 1 atom stereocenters. The summed E-state index contributed by atoms with van der Waals surface area (Å²) in [5.41, 5.74) is -2.09. The smallest absolute Gasteiger partial charge is 0.336 e. The van der Waals surface area contributed by atoms with Gasteiger partial charge in [0.25, 0.3) is 10.2 Å². The van der Waals surface area contributed by atoms with Gasteiger partial charge in [0.1, 0.15) is 0 Å². The van der Waals surface area contributed by atoms with E-state index in [2.05, 4.69) is 4.72 Å². The molecular weight excluding hydrogens is 248 g/mol. The van der Waals surface area contributed by atoms with Crippen LogP contribution in [-0.2, 0) is 15.0 Å². The lowest BCUT2D eigenvalue weighted by Crippen LogP contribution is -2.51. The highest BCUT2D eigenvalue weighted by Crippen LogP contribution is 2.12. The Hall–Kier alpha value is -0.700. The molecule has 7 nitrogen and oxygen atoms in total. The molecule has 3 N–H and O–H groups in total. The molecule has 0 bridgehead atoms. The van der Waals surface area contributed by atoms with E-state index in [9.17, 15) is 18.3 Å². The Labute approximate surface area is 101 Å². The van der Waals surface area contributed by atoms with E-state index in [-0.39, 0.29) is 0 Å². The summed E-state index contributed by atoms with van der Waals surface area (Å²) < 4.78 is 26.9. The zero-order valence-corrected chi connectivity index (χ0v) is 10.5. The largest absolute Gasteiger partial charge is 0.479 e. The number of nitrogens with zero attached hydrogens (tertiary/aromatic N) is 1. The summed E-state index contributed by atoms with van der Waals surface area (Å²) in [7, 11) is -3.69. The molecule has 0 aromatic rings. The first-order valence-electron chi connectivity index (χ1n) is 5.46. The van der Waals surface area contributed by atoms with Crippen LogP contribution in [0.4, 0.5) is 0 Å². The minimum absolute atomic E-state index is 0.435. The summed E-state index contributed by atoms with van der Waals surface area (Å²) in [4.78, 5) is 10.6. The van der Waals surface area contributed by atoms with Gasteiger partial charge in [-0.05, 0) is 19.8 Å². The number of hydrogen-bond acceptors (Lipinski definition) is 4. The van der Waals surface area contributed by atoms with Crippen LogP contribution in [0.5, 0.6) is 0 Å². The minimum Gasteiger partial charge on any atom is -0.479 e. The molecule has 100 valence electrons. The first-order valence-corrected chi connectivity index (χ1v) is 6.90. The van der Waals surface area contributed by atoms with Gasteiger partial charge in [-0.15, -0.1) is 0 Å². The van der Waals surface area contributed by atoms with Crippen molar-refractivity contribution >= 4 is 16.2 Å². The first kappa shape index (κ1) is 14.4. The van der Waals surface area contributed by atoms with Gasteiger partial charge in [0.05, 0.1) is 6.54 Å². The Morgan fingerprint density at radius 3 is 2.35 bits per heavy atom. The lowest BCUT2D eigenvalue weighted by molar-refractivity contribution is -0.155. The van der Waals surface area contributed by atoms with Gasteiger partial charge in [-0.2, -0.15) is 17.4 Å². The Morgan fingerprint density at radius 1 is 1.35 bits per heavy atom. The molecule has 1 rings (SSSR count). The molecule has 0 radical (unpaired) electrons. The topological polar surface area (TPSA) is 107 Å². The van der Waals surface area contributed by atoms with Crippen LogP contribution in [0.25, 0.3) is 0 Å². The fraction of sp³-hybridized carbons (Fsp3) is 0.889. The number of nitrogens with one attached hydrogen (secondary N) is 1. The van der Waals surface area contributed by atoms with Crippen molar-refractivity contribution in [3.8, 4) is 0 Å². The van der Waals surface area contributed by atoms with Crippen molar-refractivity contribution in [1.29, 1.82) is 0 Å². The highest BCUT2D eigenvalue weighted by Gasteiger charge is 2.33. The molecule has 1 aliphatic heterocycles. The van der Waals surface area contributed by atoms with Crippen LogP contribution in [0.3, 0.4) is 0 Å². The van der Waals surface area contributed by atoms with E-state index in [0.29, 0.717) is 13.1 Å². The summed E-state index contributed by atoms with van der Waals surface area (Å²) in [6, 6.07) is 0. The van der Waals surface area contributed by atoms with Crippen LogP contribution in [0, 0.1) is 0 Å². The van der Waals surface area contributed by atoms with E-state index in [4.69, 9.17) is 5.11 Å². The Morgan fingerprint density at radius 2 is 1.88 bits per heavy atom. The molecule has 1 saturated heterocycles. The number of aliphatic hydroxyl groups is 1. The Balaban J connectivity index is 2.58. The van der Waals surface area contributed by atoms with Crippen LogP contribution in [0.2, 0.25) is 0 Å². The van der Waals surface area contributed by atoms with Crippen molar-refractivity contribution in [2.75, 3.05) is 19.6 Å². The van der Waals surface area contributed by atoms with Crippen molar-refractivity contribution in [1.82, 2.24) is 9.03 Å². The predicted molar refractivity (Wildman–Crippen MR) is 60.6 cm³/mol.